The fraction of sp³-hybridized carbons (Fsp3) is 0.950. The van der Waals surface area contributed by atoms with Gasteiger partial charge in [0.1, 0.15) is 6.10 Å². The summed E-state index contributed by atoms with van der Waals surface area (Å²) >= 11 is 0. The van der Waals surface area contributed by atoms with E-state index in [2.05, 4.69) is 13.8 Å². The Morgan fingerprint density at radius 2 is 0.682 bits per heavy atom. The summed E-state index contributed by atoms with van der Waals surface area (Å²) in [4.78, 5) is 23.4. The van der Waals surface area contributed by atoms with Crippen molar-refractivity contribution in [1.82, 2.24) is 0 Å². The van der Waals surface area contributed by atoms with Crippen LogP contribution in [0.2, 0.25) is 0 Å². The van der Waals surface area contributed by atoms with Crippen LogP contribution in [0.5, 0.6) is 0 Å². The summed E-state index contributed by atoms with van der Waals surface area (Å²) in [5, 5.41) is 8.85. The lowest BCUT2D eigenvalue weighted by Gasteiger charge is -2.18. The number of hydrogen-bond acceptors (Lipinski definition) is 3. The second-order valence-corrected chi connectivity index (χ2v) is 13.8. The third kappa shape index (κ3) is 35.4. The van der Waals surface area contributed by atoms with Crippen LogP contribution >= 0.6 is 0 Å². The highest BCUT2D eigenvalue weighted by Gasteiger charge is 2.14. The first kappa shape index (κ1) is 42.9. The minimum Gasteiger partial charge on any atom is -0.481 e. The number of carboxylic acid groups (broad SMARTS) is 1. The SMILES string of the molecule is CCCCCCCCCCCCCCCCC(CCCCCCC(=O)O)OC(=O)CCCCCCCCCCCCCCC. The second-order valence-electron chi connectivity index (χ2n) is 13.8. The number of aliphatic carboxylic acids is 1. The Bertz CT molecular complexity index is 590. The molecule has 1 N–H and O–H groups in total. The first-order chi connectivity index (χ1) is 21.6. The molecular weight excluding hydrogens is 544 g/mol. The van der Waals surface area contributed by atoms with Gasteiger partial charge in [-0.1, -0.05) is 187 Å². The maximum Gasteiger partial charge on any atom is 0.306 e. The Morgan fingerprint density at radius 1 is 0.409 bits per heavy atom. The molecule has 0 aromatic rings. The average molecular weight is 623 g/mol. The van der Waals surface area contributed by atoms with Crippen LogP contribution in [0.15, 0.2) is 0 Å². The van der Waals surface area contributed by atoms with Gasteiger partial charge in [-0.3, -0.25) is 9.59 Å². The molecular formula is C40H78O4. The van der Waals surface area contributed by atoms with Crippen LogP contribution in [-0.4, -0.2) is 23.1 Å². The van der Waals surface area contributed by atoms with Crippen molar-refractivity contribution in [3.63, 3.8) is 0 Å². The number of carbonyl (C=O) groups excluding carboxylic acids is 1. The first-order valence-electron chi connectivity index (χ1n) is 20.0. The molecule has 0 amide bonds. The molecule has 0 saturated heterocycles. The molecule has 0 radical (unpaired) electrons. The largest absolute Gasteiger partial charge is 0.481 e. The maximum atomic E-state index is 12.6. The Labute approximate surface area is 275 Å². The van der Waals surface area contributed by atoms with Crippen LogP contribution in [-0.2, 0) is 14.3 Å². The zero-order valence-corrected chi connectivity index (χ0v) is 30.0. The molecule has 4 heteroatoms. The molecule has 4 nitrogen and oxygen atoms in total. The van der Waals surface area contributed by atoms with Crippen molar-refractivity contribution in [2.24, 2.45) is 0 Å². The quantitative estimate of drug-likeness (QED) is 0.0553. The molecule has 0 aliphatic heterocycles. The van der Waals surface area contributed by atoms with Crippen molar-refractivity contribution in [3.8, 4) is 0 Å². The summed E-state index contributed by atoms with van der Waals surface area (Å²) in [7, 11) is 0. The van der Waals surface area contributed by atoms with Gasteiger partial charge in [0.2, 0.25) is 0 Å². The van der Waals surface area contributed by atoms with E-state index in [4.69, 9.17) is 9.84 Å². The van der Waals surface area contributed by atoms with Crippen molar-refractivity contribution in [2.75, 3.05) is 0 Å². The summed E-state index contributed by atoms with van der Waals surface area (Å²) in [5.41, 5.74) is 0. The van der Waals surface area contributed by atoms with E-state index in [1.807, 2.05) is 0 Å². The van der Waals surface area contributed by atoms with E-state index in [0.717, 1.165) is 57.8 Å². The summed E-state index contributed by atoms with van der Waals surface area (Å²) in [6.07, 6.45) is 42.6. The Morgan fingerprint density at radius 3 is 1.00 bits per heavy atom. The number of carbonyl (C=O) groups is 2. The Kier molecular flexibility index (Phi) is 35.5. The summed E-state index contributed by atoms with van der Waals surface area (Å²) < 4.78 is 5.98. The van der Waals surface area contributed by atoms with Gasteiger partial charge in [-0.05, 0) is 38.5 Å². The molecule has 0 heterocycles. The van der Waals surface area contributed by atoms with Gasteiger partial charge in [-0.25, -0.2) is 0 Å². The van der Waals surface area contributed by atoms with E-state index < -0.39 is 5.97 Å². The summed E-state index contributed by atoms with van der Waals surface area (Å²) in [6, 6.07) is 0. The fourth-order valence-electron chi connectivity index (χ4n) is 6.36. The predicted molar refractivity (Wildman–Crippen MR) is 190 cm³/mol. The van der Waals surface area contributed by atoms with E-state index in [1.54, 1.807) is 0 Å². The van der Waals surface area contributed by atoms with E-state index in [0.29, 0.717) is 6.42 Å². The van der Waals surface area contributed by atoms with Gasteiger partial charge in [-0.2, -0.15) is 0 Å². The number of ether oxygens (including phenoxy) is 1. The van der Waals surface area contributed by atoms with Crippen molar-refractivity contribution in [1.29, 1.82) is 0 Å². The van der Waals surface area contributed by atoms with Gasteiger partial charge in [0, 0.05) is 12.8 Å². The molecule has 0 bridgehead atoms. The normalized spacial score (nSPS) is 12.0. The van der Waals surface area contributed by atoms with E-state index in [-0.39, 0.29) is 18.5 Å². The number of hydrogen-bond donors (Lipinski definition) is 1. The summed E-state index contributed by atoms with van der Waals surface area (Å²) in [6.45, 7) is 4.56. The van der Waals surface area contributed by atoms with Gasteiger partial charge >= 0.3 is 11.9 Å². The molecule has 1 atom stereocenters. The molecule has 1 unspecified atom stereocenters. The van der Waals surface area contributed by atoms with Gasteiger partial charge in [0.15, 0.2) is 0 Å². The predicted octanol–water partition coefficient (Wildman–Crippen LogP) is 13.7. The standard InChI is InChI=1S/C40H78O4/c1-3-5-7-9-11-13-15-17-19-20-22-24-26-30-34-38(35-31-28-29-32-36-39(41)42)44-40(43)37-33-27-25-23-21-18-16-14-12-10-8-6-4-2/h38H,3-37H2,1-2H3,(H,41,42). The van der Waals surface area contributed by atoms with Crippen molar-refractivity contribution >= 4 is 11.9 Å². The molecule has 0 aromatic heterocycles. The maximum absolute atomic E-state index is 12.6. The number of carboxylic acids is 1. The fourth-order valence-corrected chi connectivity index (χ4v) is 6.36. The van der Waals surface area contributed by atoms with Gasteiger partial charge in [0.25, 0.3) is 0 Å². The second kappa shape index (κ2) is 36.4. The average Bonchev–Trinajstić information content (AvgIpc) is 3.01. The molecule has 0 spiro atoms. The molecule has 0 aliphatic rings. The summed E-state index contributed by atoms with van der Waals surface area (Å²) in [5.74, 6) is -0.711. The Hall–Kier alpha value is -1.06. The van der Waals surface area contributed by atoms with Gasteiger partial charge in [0.05, 0.1) is 0 Å². The van der Waals surface area contributed by atoms with Crippen LogP contribution in [0.25, 0.3) is 0 Å². The van der Waals surface area contributed by atoms with Crippen LogP contribution in [0.4, 0.5) is 0 Å². The van der Waals surface area contributed by atoms with Crippen molar-refractivity contribution in [2.45, 2.75) is 245 Å². The topological polar surface area (TPSA) is 63.6 Å². The van der Waals surface area contributed by atoms with Crippen molar-refractivity contribution < 1.29 is 19.4 Å². The van der Waals surface area contributed by atoms with Crippen LogP contribution in [0, 0.1) is 0 Å². The van der Waals surface area contributed by atoms with Gasteiger partial charge in [-0.15, -0.1) is 0 Å². The minimum absolute atomic E-state index is 0.00527. The first-order valence-corrected chi connectivity index (χ1v) is 20.0. The highest BCUT2D eigenvalue weighted by molar-refractivity contribution is 5.69. The highest BCUT2D eigenvalue weighted by Crippen LogP contribution is 2.19. The van der Waals surface area contributed by atoms with Crippen LogP contribution < -0.4 is 0 Å². The molecule has 0 rings (SSSR count). The van der Waals surface area contributed by atoms with Crippen molar-refractivity contribution in [3.05, 3.63) is 0 Å². The van der Waals surface area contributed by atoms with Crippen LogP contribution in [0.1, 0.15) is 239 Å². The number of unbranched alkanes of at least 4 members (excludes halogenated alkanes) is 28. The lowest BCUT2D eigenvalue weighted by Crippen LogP contribution is -2.18. The molecule has 0 saturated carbocycles. The van der Waals surface area contributed by atoms with E-state index >= 15 is 0 Å². The van der Waals surface area contributed by atoms with E-state index in [1.165, 1.54) is 154 Å². The third-order valence-electron chi connectivity index (χ3n) is 9.33. The molecule has 0 aromatic carbocycles. The van der Waals surface area contributed by atoms with Crippen LogP contribution in [0.3, 0.4) is 0 Å². The third-order valence-corrected chi connectivity index (χ3v) is 9.33. The molecule has 44 heavy (non-hydrogen) atoms. The van der Waals surface area contributed by atoms with E-state index in [9.17, 15) is 9.59 Å². The number of esters is 1. The Balaban J connectivity index is 3.95. The molecule has 262 valence electrons. The zero-order valence-electron chi connectivity index (χ0n) is 30.0. The highest BCUT2D eigenvalue weighted by atomic mass is 16.5. The van der Waals surface area contributed by atoms with Gasteiger partial charge < -0.3 is 9.84 Å². The molecule has 0 aliphatic carbocycles. The lowest BCUT2D eigenvalue weighted by atomic mass is 10.0. The smallest absolute Gasteiger partial charge is 0.306 e. The number of rotatable bonds is 37. The molecule has 0 fully saturated rings. The lowest BCUT2D eigenvalue weighted by molar-refractivity contribution is -0.150. The zero-order chi connectivity index (χ0) is 32.2. The monoisotopic (exact) mass is 623 g/mol. The minimum atomic E-state index is -0.706.